The van der Waals surface area contributed by atoms with Crippen LogP contribution in [0, 0.1) is 0 Å². The topological polar surface area (TPSA) is 37.3 Å². The number of halogens is 1. The number of hydrogen-bond acceptors (Lipinski definition) is 2. The second kappa shape index (κ2) is 4.47. The number of fused-ring (bicyclic) bond motifs is 1. The monoisotopic (exact) mass is 296 g/mol. The molecule has 2 rings (SSSR count). The summed E-state index contributed by atoms with van der Waals surface area (Å²) in [5.41, 5.74) is 0.350. The highest BCUT2D eigenvalue weighted by Crippen LogP contribution is 2.34. The maximum atomic E-state index is 11.2. The van der Waals surface area contributed by atoms with Gasteiger partial charge in [0.25, 0.3) is 0 Å². The van der Waals surface area contributed by atoms with Gasteiger partial charge in [0.2, 0.25) is 0 Å². The van der Waals surface area contributed by atoms with Crippen LogP contribution in [-0.2, 0) is 0 Å². The van der Waals surface area contributed by atoms with E-state index in [1.54, 1.807) is 23.9 Å². The third-order valence-electron chi connectivity index (χ3n) is 2.40. The van der Waals surface area contributed by atoms with Crippen LogP contribution in [0.15, 0.2) is 39.7 Å². The molecule has 0 saturated carbocycles. The largest absolute Gasteiger partial charge is 0.478 e. The molecule has 1 N–H and O–H groups in total. The van der Waals surface area contributed by atoms with Crippen molar-refractivity contribution in [3.63, 3.8) is 0 Å². The zero-order chi connectivity index (χ0) is 11.7. The van der Waals surface area contributed by atoms with Crippen LogP contribution in [0.1, 0.15) is 10.4 Å². The minimum absolute atomic E-state index is 0.350. The Balaban J connectivity index is 2.93. The highest BCUT2D eigenvalue weighted by atomic mass is 79.9. The molecule has 0 radical (unpaired) electrons. The van der Waals surface area contributed by atoms with Gasteiger partial charge in [0.1, 0.15) is 0 Å². The van der Waals surface area contributed by atoms with Crippen molar-refractivity contribution in [2.24, 2.45) is 0 Å². The van der Waals surface area contributed by atoms with Gasteiger partial charge in [-0.05, 0) is 29.8 Å². The van der Waals surface area contributed by atoms with Crippen molar-refractivity contribution in [2.75, 3.05) is 6.26 Å². The first-order valence-electron chi connectivity index (χ1n) is 4.63. The molecule has 0 aromatic heterocycles. The molecule has 4 heteroatoms. The van der Waals surface area contributed by atoms with E-state index in [2.05, 4.69) is 15.9 Å². The van der Waals surface area contributed by atoms with Crippen molar-refractivity contribution in [3.05, 3.63) is 40.4 Å². The summed E-state index contributed by atoms with van der Waals surface area (Å²) in [4.78, 5) is 12.2. The lowest BCUT2D eigenvalue weighted by atomic mass is 10.0. The van der Waals surface area contributed by atoms with Crippen molar-refractivity contribution >= 4 is 44.4 Å². The average Bonchev–Trinajstić information content (AvgIpc) is 2.29. The van der Waals surface area contributed by atoms with Crippen LogP contribution in [0.25, 0.3) is 10.8 Å². The predicted molar refractivity (Wildman–Crippen MR) is 70.4 cm³/mol. The van der Waals surface area contributed by atoms with Crippen LogP contribution >= 0.6 is 27.7 Å². The van der Waals surface area contributed by atoms with E-state index in [0.717, 1.165) is 20.1 Å². The maximum absolute atomic E-state index is 11.2. The first-order valence-corrected chi connectivity index (χ1v) is 6.65. The fourth-order valence-electron chi connectivity index (χ4n) is 1.69. The number of rotatable bonds is 2. The summed E-state index contributed by atoms with van der Waals surface area (Å²) < 4.78 is 0.920. The summed E-state index contributed by atoms with van der Waals surface area (Å²) >= 11 is 5.00. The lowest BCUT2D eigenvalue weighted by Crippen LogP contribution is -1.98. The van der Waals surface area contributed by atoms with Gasteiger partial charge in [-0.1, -0.05) is 28.1 Å². The molecule has 0 amide bonds. The second-order valence-electron chi connectivity index (χ2n) is 3.28. The van der Waals surface area contributed by atoms with Gasteiger partial charge in [-0.2, -0.15) is 0 Å². The van der Waals surface area contributed by atoms with Gasteiger partial charge < -0.3 is 5.11 Å². The molecule has 2 nitrogen and oxygen atoms in total. The van der Waals surface area contributed by atoms with Crippen molar-refractivity contribution in [1.82, 2.24) is 0 Å². The number of thioether (sulfide) groups is 1. The molecule has 16 heavy (non-hydrogen) atoms. The minimum Gasteiger partial charge on any atom is -0.478 e. The van der Waals surface area contributed by atoms with Gasteiger partial charge in [0, 0.05) is 14.8 Å². The lowest BCUT2D eigenvalue weighted by Gasteiger charge is -2.08. The Morgan fingerprint density at radius 2 is 2.06 bits per heavy atom. The minimum atomic E-state index is -0.890. The summed E-state index contributed by atoms with van der Waals surface area (Å²) in [6.07, 6.45) is 1.95. The number of carbonyl (C=O) groups is 1. The fourth-order valence-corrected chi connectivity index (χ4v) is 2.78. The van der Waals surface area contributed by atoms with Gasteiger partial charge in [-0.25, -0.2) is 4.79 Å². The molecule has 2 aromatic carbocycles. The van der Waals surface area contributed by atoms with E-state index in [9.17, 15) is 4.79 Å². The van der Waals surface area contributed by atoms with E-state index in [0.29, 0.717) is 5.56 Å². The lowest BCUT2D eigenvalue weighted by molar-refractivity contribution is 0.0699. The third-order valence-corrected chi connectivity index (χ3v) is 3.87. The Labute approximate surface area is 106 Å². The van der Waals surface area contributed by atoms with Crippen LogP contribution in [0.4, 0.5) is 0 Å². The molecule has 0 aliphatic heterocycles. The van der Waals surface area contributed by atoms with E-state index >= 15 is 0 Å². The van der Waals surface area contributed by atoms with Crippen molar-refractivity contribution in [2.45, 2.75) is 4.90 Å². The smallest absolute Gasteiger partial charge is 0.336 e. The molecule has 0 bridgehead atoms. The quantitative estimate of drug-likeness (QED) is 0.851. The molecule has 2 aromatic rings. The standard InChI is InChI=1S/C12H9BrO2S/c1-16-10-6-5-9(13)7-3-2-4-8(11(7)10)12(14)15/h2-6H,1H3,(H,14,15). The third kappa shape index (κ3) is 1.83. The van der Waals surface area contributed by atoms with Gasteiger partial charge >= 0.3 is 5.97 Å². The molecule has 0 spiro atoms. The summed E-state index contributed by atoms with van der Waals surface area (Å²) in [5, 5.41) is 10.9. The SMILES string of the molecule is CSc1ccc(Br)c2cccc(C(=O)O)c12. The van der Waals surface area contributed by atoms with Crippen LogP contribution < -0.4 is 0 Å². The highest BCUT2D eigenvalue weighted by Gasteiger charge is 2.12. The summed E-state index contributed by atoms with van der Waals surface area (Å²) in [6, 6.07) is 9.20. The first kappa shape index (κ1) is 11.5. The number of benzene rings is 2. The first-order chi connectivity index (χ1) is 7.65. The Bertz CT molecular complexity index is 566. The number of carboxylic acid groups (broad SMARTS) is 1. The van der Waals surface area contributed by atoms with E-state index < -0.39 is 5.97 Å². The summed E-state index contributed by atoms with van der Waals surface area (Å²) in [5.74, 6) is -0.890. The zero-order valence-electron chi connectivity index (χ0n) is 8.53. The van der Waals surface area contributed by atoms with E-state index in [1.807, 2.05) is 24.5 Å². The van der Waals surface area contributed by atoms with Gasteiger partial charge in [0.05, 0.1) is 5.56 Å². The maximum Gasteiger partial charge on any atom is 0.336 e. The molecule has 0 atom stereocenters. The molecule has 0 unspecified atom stereocenters. The Hall–Kier alpha value is -1.00. The Morgan fingerprint density at radius 1 is 1.31 bits per heavy atom. The number of hydrogen-bond donors (Lipinski definition) is 1. The normalized spacial score (nSPS) is 10.6. The van der Waals surface area contributed by atoms with E-state index in [-0.39, 0.29) is 0 Å². The Kier molecular flexibility index (Phi) is 3.21. The van der Waals surface area contributed by atoms with E-state index in [4.69, 9.17) is 5.11 Å². The highest BCUT2D eigenvalue weighted by molar-refractivity contribution is 9.10. The number of aromatic carboxylic acids is 1. The summed E-state index contributed by atoms with van der Waals surface area (Å²) in [6.45, 7) is 0. The van der Waals surface area contributed by atoms with Crippen LogP contribution in [0.2, 0.25) is 0 Å². The van der Waals surface area contributed by atoms with Gasteiger partial charge in [0.15, 0.2) is 0 Å². The van der Waals surface area contributed by atoms with Crippen LogP contribution in [0.3, 0.4) is 0 Å². The molecular weight excluding hydrogens is 288 g/mol. The average molecular weight is 297 g/mol. The van der Waals surface area contributed by atoms with Gasteiger partial charge in [-0.3, -0.25) is 0 Å². The van der Waals surface area contributed by atoms with Crippen LogP contribution in [-0.4, -0.2) is 17.3 Å². The second-order valence-corrected chi connectivity index (χ2v) is 4.99. The number of carboxylic acids is 1. The molecule has 0 fully saturated rings. The van der Waals surface area contributed by atoms with Gasteiger partial charge in [-0.15, -0.1) is 11.8 Å². The zero-order valence-corrected chi connectivity index (χ0v) is 10.9. The van der Waals surface area contributed by atoms with E-state index in [1.165, 1.54) is 0 Å². The van der Waals surface area contributed by atoms with Crippen molar-refractivity contribution in [3.8, 4) is 0 Å². The molecule has 0 aliphatic carbocycles. The molecular formula is C12H9BrO2S. The molecule has 0 aliphatic rings. The predicted octanol–water partition coefficient (Wildman–Crippen LogP) is 4.02. The molecule has 0 saturated heterocycles. The van der Waals surface area contributed by atoms with Crippen molar-refractivity contribution in [1.29, 1.82) is 0 Å². The fraction of sp³-hybridized carbons (Fsp3) is 0.0833. The van der Waals surface area contributed by atoms with Crippen molar-refractivity contribution < 1.29 is 9.90 Å². The molecule has 82 valence electrons. The molecule has 0 heterocycles. The van der Waals surface area contributed by atoms with Crippen LogP contribution in [0.5, 0.6) is 0 Å². The summed E-state index contributed by atoms with van der Waals surface area (Å²) in [7, 11) is 0. The Morgan fingerprint density at radius 3 is 2.69 bits per heavy atom.